The van der Waals surface area contributed by atoms with Crippen LogP contribution in [0.5, 0.6) is 0 Å². The van der Waals surface area contributed by atoms with Gasteiger partial charge in [-0.3, -0.25) is 4.79 Å². The minimum Gasteiger partial charge on any atom is -0.468 e. The average Bonchev–Trinajstić information content (AvgIpc) is 2.79. The molecule has 0 spiro atoms. The van der Waals surface area contributed by atoms with E-state index >= 15 is 0 Å². The fourth-order valence-electron chi connectivity index (χ4n) is 2.15. The zero-order valence-electron chi connectivity index (χ0n) is 12.5. The molecule has 2 aromatic rings. The molecule has 0 aliphatic heterocycles. The van der Waals surface area contributed by atoms with Crippen molar-refractivity contribution in [3.05, 3.63) is 41.5 Å². The van der Waals surface area contributed by atoms with Gasteiger partial charge in [0.2, 0.25) is 0 Å². The van der Waals surface area contributed by atoms with Gasteiger partial charge in [-0.05, 0) is 37.6 Å². The maximum atomic E-state index is 11.1. The largest absolute Gasteiger partial charge is 0.468 e. The lowest BCUT2D eigenvalue weighted by atomic mass is 10.1. The van der Waals surface area contributed by atoms with Gasteiger partial charge in [0, 0.05) is 24.1 Å². The van der Waals surface area contributed by atoms with E-state index in [-0.39, 0.29) is 12.5 Å². The number of aromatic nitrogens is 2. The lowest BCUT2D eigenvalue weighted by molar-refractivity contribution is -0.139. The molecule has 0 bridgehead atoms. The molecule has 0 atom stereocenters. The van der Waals surface area contributed by atoms with E-state index < -0.39 is 0 Å². The molecule has 0 fully saturated rings. The van der Waals surface area contributed by atoms with Crippen molar-refractivity contribution in [1.82, 2.24) is 14.9 Å². The number of hydrogen-bond donors (Lipinski definition) is 2. The van der Waals surface area contributed by atoms with Crippen LogP contribution in [0.3, 0.4) is 0 Å². The van der Waals surface area contributed by atoms with Gasteiger partial charge in [0.05, 0.1) is 19.3 Å². The maximum absolute atomic E-state index is 11.1. The molecule has 0 unspecified atom stereocenters. The topological polar surface area (TPSA) is 82.2 Å². The van der Waals surface area contributed by atoms with Gasteiger partial charge in [-0.1, -0.05) is 0 Å². The van der Waals surface area contributed by atoms with E-state index in [1.807, 2.05) is 42.8 Å². The van der Waals surface area contributed by atoms with Gasteiger partial charge in [-0.2, -0.15) is 0 Å². The van der Waals surface area contributed by atoms with Crippen LogP contribution >= 0.6 is 0 Å². The Balaban J connectivity index is 2.17. The molecular weight excluding hydrogens is 268 g/mol. The Morgan fingerprint density at radius 2 is 2.19 bits per heavy atom. The van der Waals surface area contributed by atoms with Crippen molar-refractivity contribution in [2.45, 2.75) is 20.4 Å². The van der Waals surface area contributed by atoms with Crippen LogP contribution in [0.1, 0.15) is 17.1 Å². The van der Waals surface area contributed by atoms with Crippen LogP contribution in [0, 0.1) is 13.8 Å². The van der Waals surface area contributed by atoms with E-state index in [4.69, 9.17) is 5.73 Å². The Labute approximate surface area is 123 Å². The summed E-state index contributed by atoms with van der Waals surface area (Å²) in [4.78, 5) is 15.5. The summed E-state index contributed by atoms with van der Waals surface area (Å²) in [5.74, 6) is 0.622. The minimum absolute atomic E-state index is 0.156. The number of ether oxygens (including phenoxy) is 1. The smallest absolute Gasteiger partial charge is 0.319 e. The number of anilines is 1. The van der Waals surface area contributed by atoms with Crippen LogP contribution in [0.15, 0.2) is 24.4 Å². The SMILES string of the molecule is COC(=O)CNCc1cc(-n2cc(C)nc2C)ccc1N. The van der Waals surface area contributed by atoms with Crippen LogP contribution < -0.4 is 11.1 Å². The first kappa shape index (κ1) is 15.1. The first-order valence-corrected chi connectivity index (χ1v) is 6.70. The van der Waals surface area contributed by atoms with E-state index in [1.54, 1.807) is 0 Å². The van der Waals surface area contributed by atoms with Crippen molar-refractivity contribution in [2.24, 2.45) is 0 Å². The molecule has 1 aromatic heterocycles. The van der Waals surface area contributed by atoms with Crippen LogP contribution in [-0.2, 0) is 16.1 Å². The van der Waals surface area contributed by atoms with E-state index in [9.17, 15) is 4.79 Å². The molecule has 1 heterocycles. The molecule has 2 rings (SSSR count). The van der Waals surface area contributed by atoms with Crippen LogP contribution in [0.25, 0.3) is 5.69 Å². The monoisotopic (exact) mass is 288 g/mol. The number of hydrogen-bond acceptors (Lipinski definition) is 5. The highest BCUT2D eigenvalue weighted by atomic mass is 16.5. The number of rotatable bonds is 5. The van der Waals surface area contributed by atoms with Crippen LogP contribution in [0.4, 0.5) is 5.69 Å². The average molecular weight is 288 g/mol. The molecule has 6 heteroatoms. The molecule has 1 aromatic carbocycles. The van der Waals surface area contributed by atoms with Crippen molar-refractivity contribution < 1.29 is 9.53 Å². The number of aryl methyl sites for hydroxylation is 2. The quantitative estimate of drug-likeness (QED) is 0.641. The summed E-state index contributed by atoms with van der Waals surface area (Å²) in [6, 6.07) is 5.81. The van der Waals surface area contributed by atoms with Gasteiger partial charge in [0.25, 0.3) is 0 Å². The van der Waals surface area contributed by atoms with Crippen molar-refractivity contribution in [3.63, 3.8) is 0 Å². The van der Waals surface area contributed by atoms with Gasteiger partial charge in [-0.15, -0.1) is 0 Å². The highest BCUT2D eigenvalue weighted by Crippen LogP contribution is 2.19. The van der Waals surface area contributed by atoms with Crippen molar-refractivity contribution in [1.29, 1.82) is 0 Å². The number of carbonyl (C=O) groups excluding carboxylic acids is 1. The zero-order chi connectivity index (χ0) is 15.4. The summed E-state index contributed by atoms with van der Waals surface area (Å²) in [6.07, 6.45) is 1.98. The lowest BCUT2D eigenvalue weighted by Gasteiger charge is -2.11. The molecule has 112 valence electrons. The number of carbonyl (C=O) groups is 1. The lowest BCUT2D eigenvalue weighted by Crippen LogP contribution is -2.23. The highest BCUT2D eigenvalue weighted by Gasteiger charge is 2.07. The first-order chi connectivity index (χ1) is 10.0. The third kappa shape index (κ3) is 3.61. The Morgan fingerprint density at radius 1 is 1.43 bits per heavy atom. The summed E-state index contributed by atoms with van der Waals surface area (Å²) in [5.41, 5.74) is 9.56. The molecule has 0 saturated carbocycles. The number of nitrogens with zero attached hydrogens (tertiary/aromatic N) is 2. The van der Waals surface area contributed by atoms with E-state index in [1.165, 1.54) is 7.11 Å². The number of imidazole rings is 1. The van der Waals surface area contributed by atoms with Crippen molar-refractivity contribution >= 4 is 11.7 Å². The number of nitrogens with one attached hydrogen (secondary N) is 1. The fraction of sp³-hybridized carbons (Fsp3) is 0.333. The molecule has 0 radical (unpaired) electrons. The molecule has 21 heavy (non-hydrogen) atoms. The first-order valence-electron chi connectivity index (χ1n) is 6.70. The minimum atomic E-state index is -0.300. The Kier molecular flexibility index (Phi) is 4.59. The zero-order valence-corrected chi connectivity index (χ0v) is 12.5. The highest BCUT2D eigenvalue weighted by molar-refractivity contribution is 5.71. The second-order valence-corrected chi connectivity index (χ2v) is 4.86. The van der Waals surface area contributed by atoms with Gasteiger partial charge >= 0.3 is 5.97 Å². The van der Waals surface area contributed by atoms with E-state index in [0.717, 1.165) is 22.8 Å². The van der Waals surface area contributed by atoms with Crippen LogP contribution in [-0.4, -0.2) is 29.2 Å². The molecule has 6 nitrogen and oxygen atoms in total. The third-order valence-corrected chi connectivity index (χ3v) is 3.22. The Hall–Kier alpha value is -2.34. The van der Waals surface area contributed by atoms with Gasteiger partial charge in [-0.25, -0.2) is 4.98 Å². The van der Waals surface area contributed by atoms with Gasteiger partial charge in [0.15, 0.2) is 0 Å². The summed E-state index contributed by atoms with van der Waals surface area (Å²) in [5, 5.41) is 3.01. The molecule has 0 aliphatic rings. The second-order valence-electron chi connectivity index (χ2n) is 4.86. The predicted molar refractivity (Wildman–Crippen MR) is 81.2 cm³/mol. The standard InChI is InChI=1S/C15H20N4O2/c1-10-9-19(11(2)18-10)13-4-5-14(16)12(6-13)7-17-8-15(20)21-3/h4-6,9,17H,7-8,16H2,1-3H3. The second kappa shape index (κ2) is 6.41. The van der Waals surface area contributed by atoms with E-state index in [2.05, 4.69) is 15.0 Å². The summed E-state index contributed by atoms with van der Waals surface area (Å²) < 4.78 is 6.60. The summed E-state index contributed by atoms with van der Waals surface area (Å²) in [7, 11) is 1.36. The Bertz CT molecular complexity index is 649. The van der Waals surface area contributed by atoms with Gasteiger partial charge < -0.3 is 20.4 Å². The van der Waals surface area contributed by atoms with Gasteiger partial charge in [0.1, 0.15) is 5.82 Å². The molecule has 0 amide bonds. The fourth-order valence-corrected chi connectivity index (χ4v) is 2.15. The summed E-state index contributed by atoms with van der Waals surface area (Å²) >= 11 is 0. The third-order valence-electron chi connectivity index (χ3n) is 3.22. The van der Waals surface area contributed by atoms with Crippen molar-refractivity contribution in [2.75, 3.05) is 19.4 Å². The number of benzene rings is 1. The number of esters is 1. The number of nitrogen functional groups attached to an aromatic ring is 1. The number of methoxy groups -OCH3 is 1. The number of nitrogens with two attached hydrogens (primary N) is 1. The summed E-state index contributed by atoms with van der Waals surface area (Å²) in [6.45, 7) is 4.57. The normalized spacial score (nSPS) is 10.6. The molecule has 0 aliphatic carbocycles. The predicted octanol–water partition coefficient (Wildman–Crippen LogP) is 1.33. The Morgan fingerprint density at radius 3 is 2.81 bits per heavy atom. The van der Waals surface area contributed by atoms with Crippen LogP contribution in [0.2, 0.25) is 0 Å². The van der Waals surface area contributed by atoms with E-state index in [0.29, 0.717) is 12.2 Å². The molecule has 0 saturated heterocycles. The molecular formula is C15H20N4O2. The van der Waals surface area contributed by atoms with Crippen molar-refractivity contribution in [3.8, 4) is 5.69 Å². The molecule has 3 N–H and O–H groups in total. The maximum Gasteiger partial charge on any atom is 0.319 e.